The van der Waals surface area contributed by atoms with Crippen molar-refractivity contribution in [2.45, 2.75) is 46.1 Å². The molecule has 202 valence electrons. The molecule has 0 bridgehead atoms. The van der Waals surface area contributed by atoms with Crippen LogP contribution in [0.4, 0.5) is 15.0 Å². The Labute approximate surface area is 225 Å². The second-order valence-corrected chi connectivity index (χ2v) is 11.2. The maximum absolute atomic E-state index is 15.4. The van der Waals surface area contributed by atoms with E-state index in [2.05, 4.69) is 19.9 Å². The molecule has 4 heterocycles. The molecule has 2 fully saturated rings. The number of benzene rings is 1. The van der Waals surface area contributed by atoms with E-state index < -0.39 is 11.4 Å². The Hall–Kier alpha value is -4.28. The number of aryl methyl sites for hydroxylation is 2. The number of hydrogen-bond donors (Lipinski definition) is 1. The smallest absolute Gasteiger partial charge is 0.410 e. The number of hydrogen-bond acceptors (Lipinski definition) is 8. The van der Waals surface area contributed by atoms with E-state index in [-0.39, 0.29) is 35.6 Å². The fraction of sp³-hybridized carbons (Fsp3) is 0.393. The molecule has 1 aromatic carbocycles. The molecule has 11 heteroatoms. The number of nitrogens with two attached hydrogens (primary N) is 1. The number of likely N-dealkylation sites (tertiary alicyclic amines) is 1. The van der Waals surface area contributed by atoms with Gasteiger partial charge in [0.2, 0.25) is 0 Å². The second kappa shape index (κ2) is 8.89. The number of piperidine rings is 1. The van der Waals surface area contributed by atoms with Gasteiger partial charge in [0.1, 0.15) is 17.4 Å². The van der Waals surface area contributed by atoms with Crippen LogP contribution in [0.5, 0.6) is 11.8 Å². The number of fused-ring (bicyclic) bond motifs is 2. The summed E-state index contributed by atoms with van der Waals surface area (Å²) in [7, 11) is 0. The highest BCUT2D eigenvalue weighted by Gasteiger charge is 2.59. The molecule has 1 aliphatic carbocycles. The van der Waals surface area contributed by atoms with Gasteiger partial charge in [0.05, 0.1) is 5.52 Å². The van der Waals surface area contributed by atoms with Crippen LogP contribution in [0, 0.1) is 31.5 Å². The highest BCUT2D eigenvalue weighted by Crippen LogP contribution is 2.60. The van der Waals surface area contributed by atoms with Crippen LogP contribution in [0.15, 0.2) is 36.8 Å². The van der Waals surface area contributed by atoms with E-state index in [4.69, 9.17) is 15.2 Å². The third-order valence-corrected chi connectivity index (χ3v) is 7.36. The van der Waals surface area contributed by atoms with E-state index in [1.165, 1.54) is 12.4 Å². The van der Waals surface area contributed by atoms with Gasteiger partial charge in [-0.3, -0.25) is 0 Å². The zero-order valence-electron chi connectivity index (χ0n) is 22.5. The molecule has 3 aromatic heterocycles. The number of ether oxygens (including phenoxy) is 2. The minimum atomic E-state index is -0.564. The first-order valence-electron chi connectivity index (χ1n) is 12.9. The first-order chi connectivity index (χ1) is 18.5. The molecule has 39 heavy (non-hydrogen) atoms. The molecule has 6 rings (SSSR count). The fourth-order valence-corrected chi connectivity index (χ4v) is 5.66. The first-order valence-corrected chi connectivity index (χ1v) is 12.9. The average Bonchev–Trinajstić information content (AvgIpc) is 3.18. The summed E-state index contributed by atoms with van der Waals surface area (Å²) in [5.74, 6) is 0.449. The SMILES string of the molecule is Cc1ccnc(Oc2ccc(-n3c(C4[C@H]5CN(C(=O)OC(C)(C)C)C[C@@H]45)c(C)c4ncnc(N)c43)cc2F)n1. The van der Waals surface area contributed by atoms with E-state index in [1.54, 1.807) is 29.3 Å². The zero-order valence-corrected chi connectivity index (χ0v) is 22.5. The molecule has 4 aromatic rings. The molecule has 3 atom stereocenters. The summed E-state index contributed by atoms with van der Waals surface area (Å²) in [6.07, 6.45) is 2.70. The number of halogens is 1. The molecule has 1 aliphatic heterocycles. The highest BCUT2D eigenvalue weighted by atomic mass is 19.1. The number of carbonyl (C=O) groups is 1. The molecule has 1 unspecified atom stereocenters. The molecule has 0 radical (unpaired) electrons. The maximum atomic E-state index is 15.4. The van der Waals surface area contributed by atoms with Crippen molar-refractivity contribution in [1.29, 1.82) is 0 Å². The maximum Gasteiger partial charge on any atom is 0.410 e. The Bertz CT molecular complexity index is 1600. The van der Waals surface area contributed by atoms with Crippen molar-refractivity contribution < 1.29 is 18.7 Å². The van der Waals surface area contributed by atoms with Crippen LogP contribution in [-0.2, 0) is 4.74 Å². The van der Waals surface area contributed by atoms with Gasteiger partial charge in [0, 0.05) is 48.3 Å². The predicted octanol–water partition coefficient (Wildman–Crippen LogP) is 4.92. The van der Waals surface area contributed by atoms with Crippen LogP contribution in [0.2, 0.25) is 0 Å². The summed E-state index contributed by atoms with van der Waals surface area (Å²) in [6.45, 7) is 10.6. The van der Waals surface area contributed by atoms with Crippen LogP contribution in [0.3, 0.4) is 0 Å². The zero-order chi connectivity index (χ0) is 27.6. The number of nitrogen functional groups attached to an aromatic ring is 1. The van der Waals surface area contributed by atoms with Crippen molar-refractivity contribution in [3.05, 3.63) is 59.6 Å². The van der Waals surface area contributed by atoms with Crippen molar-refractivity contribution in [2.24, 2.45) is 11.8 Å². The molecule has 1 amide bonds. The number of carbonyl (C=O) groups excluding carboxylic acids is 1. The van der Waals surface area contributed by atoms with Crippen molar-refractivity contribution in [2.75, 3.05) is 18.8 Å². The van der Waals surface area contributed by atoms with Gasteiger partial charge in [0.15, 0.2) is 17.4 Å². The lowest BCUT2D eigenvalue weighted by molar-refractivity contribution is 0.0270. The van der Waals surface area contributed by atoms with Crippen molar-refractivity contribution in [3.63, 3.8) is 0 Å². The van der Waals surface area contributed by atoms with Gasteiger partial charge in [-0.15, -0.1) is 0 Å². The predicted molar refractivity (Wildman–Crippen MR) is 142 cm³/mol. The van der Waals surface area contributed by atoms with Gasteiger partial charge >= 0.3 is 12.1 Å². The summed E-state index contributed by atoms with van der Waals surface area (Å²) in [4.78, 5) is 31.4. The minimum Gasteiger partial charge on any atom is -0.444 e. The third kappa shape index (κ3) is 4.41. The summed E-state index contributed by atoms with van der Waals surface area (Å²) in [5, 5.41) is 0. The lowest BCUT2D eigenvalue weighted by Crippen LogP contribution is -2.37. The number of anilines is 1. The Balaban J connectivity index is 1.35. The molecule has 0 spiro atoms. The van der Waals surface area contributed by atoms with Gasteiger partial charge in [-0.2, -0.15) is 0 Å². The Morgan fingerprint density at radius 2 is 1.85 bits per heavy atom. The Morgan fingerprint density at radius 1 is 1.10 bits per heavy atom. The lowest BCUT2D eigenvalue weighted by atomic mass is 10.1. The second-order valence-electron chi connectivity index (χ2n) is 11.2. The third-order valence-electron chi connectivity index (χ3n) is 7.36. The number of rotatable bonds is 4. The summed E-state index contributed by atoms with van der Waals surface area (Å²) in [6, 6.07) is 6.54. The Morgan fingerprint density at radius 3 is 2.51 bits per heavy atom. The molecule has 1 saturated carbocycles. The van der Waals surface area contributed by atoms with Crippen LogP contribution >= 0.6 is 0 Å². The fourth-order valence-electron chi connectivity index (χ4n) is 5.66. The van der Waals surface area contributed by atoms with E-state index in [0.29, 0.717) is 35.8 Å². The topological polar surface area (TPSA) is 121 Å². The lowest BCUT2D eigenvalue weighted by Gasteiger charge is -2.26. The molecular formula is C28H30FN7O3. The van der Waals surface area contributed by atoms with Crippen molar-refractivity contribution in [1.82, 2.24) is 29.4 Å². The van der Waals surface area contributed by atoms with Gasteiger partial charge in [-0.25, -0.2) is 29.1 Å². The normalized spacial score (nSPS) is 20.3. The van der Waals surface area contributed by atoms with E-state index >= 15 is 4.39 Å². The first kappa shape index (κ1) is 25.0. The Kier molecular flexibility index (Phi) is 5.70. The van der Waals surface area contributed by atoms with E-state index in [0.717, 1.165) is 16.8 Å². The standard InChI is InChI=1S/C28H30FN7O3/c1-14-8-9-31-26(34-14)38-20-7-6-16(10-19(20)29)36-23(15(2)22-24(36)25(30)33-13-32-22)21-17-11-35(12-18(17)21)27(37)39-28(3,4)5/h6-10,13,17-18,21H,11-12H2,1-5H3,(H2,30,32,33)/t17-,18+,21?. The highest BCUT2D eigenvalue weighted by molar-refractivity contribution is 5.91. The van der Waals surface area contributed by atoms with Gasteiger partial charge in [0.25, 0.3) is 0 Å². The molecule has 2 aliphatic rings. The van der Waals surface area contributed by atoms with Crippen LogP contribution in [0.1, 0.15) is 43.6 Å². The average molecular weight is 532 g/mol. The van der Waals surface area contributed by atoms with Gasteiger partial charge < -0.3 is 24.7 Å². The van der Waals surface area contributed by atoms with Crippen molar-refractivity contribution >= 4 is 22.9 Å². The van der Waals surface area contributed by atoms with E-state index in [1.807, 2.05) is 39.2 Å². The number of nitrogens with zero attached hydrogens (tertiary/aromatic N) is 6. The van der Waals surface area contributed by atoms with E-state index in [9.17, 15) is 4.79 Å². The van der Waals surface area contributed by atoms with Gasteiger partial charge in [-0.1, -0.05) is 0 Å². The summed E-state index contributed by atoms with van der Waals surface area (Å²) >= 11 is 0. The van der Waals surface area contributed by atoms with Crippen molar-refractivity contribution in [3.8, 4) is 17.4 Å². The molecule has 2 N–H and O–H groups in total. The molecule has 10 nitrogen and oxygen atoms in total. The summed E-state index contributed by atoms with van der Waals surface area (Å²) in [5.41, 5.74) is 10.4. The summed E-state index contributed by atoms with van der Waals surface area (Å²) < 4.78 is 28.5. The van der Waals surface area contributed by atoms with Gasteiger partial charge in [-0.05, 0) is 70.2 Å². The molecular weight excluding hydrogens is 501 g/mol. The number of amides is 1. The largest absolute Gasteiger partial charge is 0.444 e. The van der Waals surface area contributed by atoms with Crippen LogP contribution in [-0.4, -0.2) is 54.2 Å². The monoisotopic (exact) mass is 531 g/mol. The molecule has 1 saturated heterocycles. The number of aromatic nitrogens is 5. The van der Waals surface area contributed by atoms with Crippen LogP contribution in [0.25, 0.3) is 16.7 Å². The minimum absolute atomic E-state index is 0.0135. The quantitative estimate of drug-likeness (QED) is 0.394. The van der Waals surface area contributed by atoms with Crippen LogP contribution < -0.4 is 10.5 Å².